The third-order valence-electron chi connectivity index (χ3n) is 4.35. The van der Waals surface area contributed by atoms with Crippen molar-refractivity contribution in [3.05, 3.63) is 90.7 Å². The summed E-state index contributed by atoms with van der Waals surface area (Å²) in [6.45, 7) is 0. The number of hydrogen-bond donors (Lipinski definition) is 3. The van der Waals surface area contributed by atoms with Crippen LogP contribution in [0.1, 0.15) is 5.76 Å². The number of rotatable bonds is 7. The predicted octanol–water partition coefficient (Wildman–Crippen LogP) is 4.00. The number of nitrogens with zero attached hydrogens (tertiary/aromatic N) is 3. The van der Waals surface area contributed by atoms with Crippen molar-refractivity contribution in [3.8, 4) is 11.3 Å². The predicted molar refractivity (Wildman–Crippen MR) is 130 cm³/mol. The van der Waals surface area contributed by atoms with Gasteiger partial charge in [0.1, 0.15) is 17.3 Å². The maximum absolute atomic E-state index is 13.6. The number of aromatic nitrogens is 2. The van der Waals surface area contributed by atoms with Crippen LogP contribution in [0.2, 0.25) is 0 Å². The van der Waals surface area contributed by atoms with Crippen molar-refractivity contribution in [1.29, 1.82) is 0 Å². The van der Waals surface area contributed by atoms with E-state index in [1.165, 1.54) is 36.8 Å². The highest BCUT2D eigenvalue weighted by Crippen LogP contribution is 2.24. The molecule has 0 saturated carbocycles. The molecule has 0 aliphatic rings. The van der Waals surface area contributed by atoms with Gasteiger partial charge in [-0.2, -0.15) is 5.10 Å². The minimum absolute atomic E-state index is 0.0151. The van der Waals surface area contributed by atoms with Crippen LogP contribution in [0.25, 0.3) is 11.3 Å². The van der Waals surface area contributed by atoms with Gasteiger partial charge in [0.25, 0.3) is 10.0 Å². The number of furan rings is 1. The number of benzene rings is 2. The molecule has 3 N–H and O–H groups in total. The highest BCUT2D eigenvalue weighted by atomic mass is 32.2. The number of halogens is 1. The van der Waals surface area contributed by atoms with Gasteiger partial charge in [0.05, 0.1) is 16.8 Å². The van der Waals surface area contributed by atoms with Gasteiger partial charge >= 0.3 is 0 Å². The second-order valence-electron chi connectivity index (χ2n) is 6.71. The maximum atomic E-state index is 13.6. The molecule has 0 aliphatic carbocycles. The fourth-order valence-electron chi connectivity index (χ4n) is 2.77. The molecule has 0 atom stereocenters. The summed E-state index contributed by atoms with van der Waals surface area (Å²) < 4.78 is 46.6. The van der Waals surface area contributed by atoms with E-state index in [0.29, 0.717) is 17.1 Å². The molecule has 0 saturated heterocycles. The average molecular weight is 497 g/mol. The molecule has 2 aromatic carbocycles. The van der Waals surface area contributed by atoms with Crippen LogP contribution in [0.5, 0.6) is 0 Å². The Bertz CT molecular complexity index is 1420. The molecular formula is C22H17FN6O3S2. The lowest BCUT2D eigenvalue weighted by Gasteiger charge is -2.07. The van der Waals surface area contributed by atoms with Gasteiger partial charge in [-0.05, 0) is 66.8 Å². The van der Waals surface area contributed by atoms with Crippen molar-refractivity contribution < 1.29 is 17.2 Å². The summed E-state index contributed by atoms with van der Waals surface area (Å²) in [4.78, 5) is 7.76. The number of para-hydroxylation sites is 1. The Morgan fingerprint density at radius 3 is 2.47 bits per heavy atom. The van der Waals surface area contributed by atoms with E-state index in [4.69, 9.17) is 16.6 Å². The van der Waals surface area contributed by atoms with E-state index in [1.54, 1.807) is 48.5 Å². The van der Waals surface area contributed by atoms with Gasteiger partial charge in [0, 0.05) is 18.0 Å². The molecule has 2 heterocycles. The zero-order valence-electron chi connectivity index (χ0n) is 17.3. The van der Waals surface area contributed by atoms with Crippen molar-refractivity contribution in [1.82, 2.24) is 15.4 Å². The fourth-order valence-corrected chi connectivity index (χ4v) is 3.89. The topological polar surface area (TPSA) is 122 Å². The van der Waals surface area contributed by atoms with Crippen molar-refractivity contribution >= 4 is 45.2 Å². The third kappa shape index (κ3) is 5.79. The van der Waals surface area contributed by atoms with E-state index < -0.39 is 15.8 Å². The SMILES string of the molecule is O=S(=O)(Nc1ncccn1)c1ccc(-c2ccc(/C=N\NC(=S)Nc3ccccc3F)o2)cc1. The third-order valence-corrected chi connectivity index (χ3v) is 5.88. The molecule has 0 amide bonds. The van der Waals surface area contributed by atoms with E-state index >= 15 is 0 Å². The zero-order chi connectivity index (χ0) is 24.0. The van der Waals surface area contributed by atoms with Gasteiger partial charge in [0.2, 0.25) is 5.95 Å². The molecule has 0 spiro atoms. The largest absolute Gasteiger partial charge is 0.455 e. The van der Waals surface area contributed by atoms with Crippen LogP contribution in [0.3, 0.4) is 0 Å². The summed E-state index contributed by atoms with van der Waals surface area (Å²) >= 11 is 5.08. The Kier molecular flexibility index (Phi) is 6.90. The lowest BCUT2D eigenvalue weighted by atomic mass is 10.2. The Labute approximate surface area is 199 Å². The normalized spacial score (nSPS) is 11.3. The number of hydrogen-bond acceptors (Lipinski definition) is 7. The Morgan fingerprint density at radius 1 is 1.00 bits per heavy atom. The first-order chi connectivity index (χ1) is 16.4. The summed E-state index contributed by atoms with van der Waals surface area (Å²) in [5.41, 5.74) is 3.47. The molecule has 2 aromatic heterocycles. The number of nitrogens with one attached hydrogen (secondary N) is 3. The lowest BCUT2D eigenvalue weighted by molar-refractivity contribution is 0.574. The Hall–Kier alpha value is -4.16. The van der Waals surface area contributed by atoms with Crippen molar-refractivity contribution in [2.24, 2.45) is 5.10 Å². The summed E-state index contributed by atoms with van der Waals surface area (Å²) in [5, 5.41) is 6.78. The van der Waals surface area contributed by atoms with Crippen molar-refractivity contribution in [2.45, 2.75) is 4.90 Å². The fraction of sp³-hybridized carbons (Fsp3) is 0. The van der Waals surface area contributed by atoms with E-state index in [9.17, 15) is 12.8 Å². The minimum atomic E-state index is -3.83. The molecule has 172 valence electrons. The van der Waals surface area contributed by atoms with Gasteiger partial charge < -0.3 is 9.73 Å². The molecule has 0 aliphatic heterocycles. The van der Waals surface area contributed by atoms with Gasteiger partial charge in [-0.15, -0.1) is 0 Å². The van der Waals surface area contributed by atoms with Crippen molar-refractivity contribution in [3.63, 3.8) is 0 Å². The van der Waals surface area contributed by atoms with E-state index in [1.807, 2.05) is 0 Å². The first kappa shape index (κ1) is 23.0. The van der Waals surface area contributed by atoms with Gasteiger partial charge in [-0.1, -0.05) is 12.1 Å². The average Bonchev–Trinajstić information content (AvgIpc) is 3.30. The summed E-state index contributed by atoms with van der Waals surface area (Å²) in [6.07, 6.45) is 4.28. The summed E-state index contributed by atoms with van der Waals surface area (Å²) in [6, 6.07) is 17.2. The van der Waals surface area contributed by atoms with Gasteiger partial charge in [0.15, 0.2) is 5.11 Å². The van der Waals surface area contributed by atoms with Crippen LogP contribution in [0.4, 0.5) is 16.0 Å². The maximum Gasteiger partial charge on any atom is 0.264 e. The number of sulfonamides is 1. The van der Waals surface area contributed by atoms with Crippen molar-refractivity contribution in [2.75, 3.05) is 10.0 Å². The molecule has 0 radical (unpaired) electrons. The second kappa shape index (κ2) is 10.2. The number of thiocarbonyl (C=S) groups is 1. The zero-order valence-corrected chi connectivity index (χ0v) is 19.0. The highest BCUT2D eigenvalue weighted by molar-refractivity contribution is 7.92. The smallest absolute Gasteiger partial charge is 0.264 e. The summed E-state index contributed by atoms with van der Waals surface area (Å²) in [5.74, 6) is 0.487. The molecule has 0 bridgehead atoms. The molecule has 34 heavy (non-hydrogen) atoms. The molecule has 0 fully saturated rings. The molecule has 12 heteroatoms. The molecule has 4 rings (SSSR count). The van der Waals surface area contributed by atoms with E-state index in [0.717, 1.165) is 0 Å². The Morgan fingerprint density at radius 2 is 1.74 bits per heavy atom. The van der Waals surface area contributed by atoms with Crippen LogP contribution < -0.4 is 15.5 Å². The van der Waals surface area contributed by atoms with Crippen LogP contribution >= 0.6 is 12.2 Å². The molecular weight excluding hydrogens is 479 g/mol. The highest BCUT2D eigenvalue weighted by Gasteiger charge is 2.16. The second-order valence-corrected chi connectivity index (χ2v) is 8.80. The Balaban J connectivity index is 1.37. The first-order valence-corrected chi connectivity index (χ1v) is 11.6. The molecule has 9 nitrogen and oxygen atoms in total. The van der Waals surface area contributed by atoms with E-state index in [2.05, 4.69) is 30.5 Å². The lowest BCUT2D eigenvalue weighted by Crippen LogP contribution is -2.24. The first-order valence-electron chi connectivity index (χ1n) is 9.75. The van der Waals surface area contributed by atoms with E-state index in [-0.39, 0.29) is 21.6 Å². The van der Waals surface area contributed by atoms with Gasteiger partial charge in [-0.3, -0.25) is 5.43 Å². The molecule has 4 aromatic rings. The van der Waals surface area contributed by atoms with Crippen LogP contribution in [0, 0.1) is 5.82 Å². The molecule has 0 unspecified atom stereocenters. The monoisotopic (exact) mass is 496 g/mol. The summed E-state index contributed by atoms with van der Waals surface area (Å²) in [7, 11) is -3.83. The number of anilines is 2. The number of hydrazone groups is 1. The quantitative estimate of drug-likeness (QED) is 0.199. The standard InChI is InChI=1S/C22H17FN6O3S2/c23-18-4-1-2-5-19(18)27-22(33)28-26-14-16-8-11-20(32-16)15-6-9-17(10-7-15)34(30,31)29-21-24-12-3-13-25-21/h1-14H,(H,24,25,29)(H2,27,28,33)/b26-14-. The van der Waals surface area contributed by atoms with Crippen LogP contribution in [-0.2, 0) is 10.0 Å². The van der Waals surface area contributed by atoms with Crippen LogP contribution in [-0.4, -0.2) is 29.7 Å². The van der Waals surface area contributed by atoms with Crippen LogP contribution in [0.15, 0.2) is 93.5 Å². The van der Waals surface area contributed by atoms with Gasteiger partial charge in [-0.25, -0.2) is 27.5 Å². The minimum Gasteiger partial charge on any atom is -0.455 e.